The summed E-state index contributed by atoms with van der Waals surface area (Å²) in [5, 5.41) is 3.97. The number of piperazine rings is 1. The topological polar surface area (TPSA) is 65.2 Å². The van der Waals surface area contributed by atoms with Crippen molar-refractivity contribution in [1.82, 2.24) is 15.2 Å². The zero-order valence-electron chi connectivity index (χ0n) is 13.2. The van der Waals surface area contributed by atoms with E-state index in [2.05, 4.69) is 10.3 Å². The van der Waals surface area contributed by atoms with Gasteiger partial charge in [-0.05, 0) is 30.2 Å². The first kappa shape index (κ1) is 18.5. The zero-order valence-corrected chi connectivity index (χ0v) is 14.8. The molecule has 128 valence electrons. The molecule has 1 aliphatic rings. The molecule has 3 rings (SSSR count). The van der Waals surface area contributed by atoms with Crippen LogP contribution in [0.1, 0.15) is 27.5 Å². The predicted molar refractivity (Wildman–Crippen MR) is 97.1 cm³/mol. The van der Waals surface area contributed by atoms with E-state index < -0.39 is 0 Å². The summed E-state index contributed by atoms with van der Waals surface area (Å²) in [6.45, 7) is 3.80. The van der Waals surface area contributed by atoms with E-state index in [1.54, 1.807) is 6.92 Å². The molecule has 5 nitrogen and oxygen atoms in total. The molecule has 0 saturated carbocycles. The van der Waals surface area contributed by atoms with Crippen LogP contribution in [0.25, 0.3) is 0 Å². The van der Waals surface area contributed by atoms with Gasteiger partial charge in [-0.15, -0.1) is 12.4 Å². The highest BCUT2D eigenvalue weighted by molar-refractivity contribution is 6.30. The van der Waals surface area contributed by atoms with E-state index in [0.717, 1.165) is 12.1 Å². The van der Waals surface area contributed by atoms with Crippen LogP contribution in [0.5, 0.6) is 0 Å². The second kappa shape index (κ2) is 7.83. The third-order valence-electron chi connectivity index (χ3n) is 4.10. The number of rotatable bonds is 2. The second-order valence-corrected chi connectivity index (χ2v) is 6.10. The Morgan fingerprint density at radius 1 is 1.33 bits per heavy atom. The summed E-state index contributed by atoms with van der Waals surface area (Å²) in [7, 11) is 0. The van der Waals surface area contributed by atoms with Crippen LogP contribution in [0.2, 0.25) is 5.02 Å². The number of nitrogens with zero attached hydrogens (tertiary/aromatic N) is 1. The molecule has 1 saturated heterocycles. The lowest BCUT2D eigenvalue weighted by Crippen LogP contribution is -2.48. The Bertz CT molecular complexity index is 791. The number of halogens is 2. The summed E-state index contributed by atoms with van der Waals surface area (Å²) in [5.74, 6) is -0.0785. The Balaban J connectivity index is 0.00000208. The van der Waals surface area contributed by atoms with E-state index in [4.69, 9.17) is 11.6 Å². The summed E-state index contributed by atoms with van der Waals surface area (Å²) in [6.07, 6.45) is 1.50. The molecule has 1 aromatic carbocycles. The molecule has 7 heteroatoms. The van der Waals surface area contributed by atoms with Gasteiger partial charge in [0.05, 0.1) is 11.6 Å². The number of carbonyl (C=O) groups excluding carboxylic acids is 1. The fourth-order valence-corrected chi connectivity index (χ4v) is 3.12. The summed E-state index contributed by atoms with van der Waals surface area (Å²) in [4.78, 5) is 28.7. The van der Waals surface area contributed by atoms with Gasteiger partial charge in [-0.1, -0.05) is 23.7 Å². The average Bonchev–Trinajstić information content (AvgIpc) is 2.54. The Hall–Kier alpha value is -1.82. The predicted octanol–water partition coefficient (Wildman–Crippen LogP) is 2.55. The van der Waals surface area contributed by atoms with Crippen LogP contribution < -0.4 is 10.9 Å². The minimum absolute atomic E-state index is 0. The van der Waals surface area contributed by atoms with Crippen molar-refractivity contribution in [2.75, 3.05) is 19.6 Å². The lowest BCUT2D eigenvalue weighted by atomic mass is 10.0. The maximum Gasteiger partial charge on any atom is 0.256 e. The first-order valence-corrected chi connectivity index (χ1v) is 7.90. The van der Waals surface area contributed by atoms with Crippen LogP contribution in [0, 0.1) is 6.92 Å². The Kier molecular flexibility index (Phi) is 6.04. The molecule has 0 spiro atoms. The number of hydrogen-bond acceptors (Lipinski definition) is 3. The number of benzene rings is 1. The van der Waals surface area contributed by atoms with Crippen molar-refractivity contribution in [3.63, 3.8) is 0 Å². The van der Waals surface area contributed by atoms with Gasteiger partial charge in [0.25, 0.3) is 5.91 Å². The molecule has 1 amide bonds. The molecular weight excluding hydrogens is 349 g/mol. The van der Waals surface area contributed by atoms with E-state index in [9.17, 15) is 9.59 Å². The van der Waals surface area contributed by atoms with E-state index >= 15 is 0 Å². The molecule has 2 heterocycles. The van der Waals surface area contributed by atoms with Gasteiger partial charge in [-0.25, -0.2) is 0 Å². The molecule has 1 unspecified atom stereocenters. The lowest BCUT2D eigenvalue weighted by Gasteiger charge is -2.37. The average molecular weight is 368 g/mol. The molecule has 2 N–H and O–H groups in total. The third kappa shape index (κ3) is 3.80. The highest BCUT2D eigenvalue weighted by Crippen LogP contribution is 2.26. The normalized spacial score (nSPS) is 17.2. The fraction of sp³-hybridized carbons (Fsp3) is 0.294. The first-order chi connectivity index (χ1) is 11.1. The summed E-state index contributed by atoms with van der Waals surface area (Å²) >= 11 is 6.09. The van der Waals surface area contributed by atoms with Crippen molar-refractivity contribution >= 4 is 29.9 Å². The van der Waals surface area contributed by atoms with Crippen LogP contribution in [-0.2, 0) is 0 Å². The van der Waals surface area contributed by atoms with Crippen LogP contribution >= 0.6 is 24.0 Å². The minimum Gasteiger partial charge on any atom is -0.329 e. The highest BCUT2D eigenvalue weighted by Gasteiger charge is 2.29. The lowest BCUT2D eigenvalue weighted by molar-refractivity contribution is 0.0633. The molecule has 1 atom stereocenters. The smallest absolute Gasteiger partial charge is 0.256 e. The van der Waals surface area contributed by atoms with Crippen molar-refractivity contribution in [2.24, 2.45) is 0 Å². The third-order valence-corrected chi connectivity index (χ3v) is 4.33. The number of carbonyl (C=O) groups is 1. The molecule has 0 radical (unpaired) electrons. The Morgan fingerprint density at radius 3 is 2.83 bits per heavy atom. The van der Waals surface area contributed by atoms with Gasteiger partial charge in [0.1, 0.15) is 0 Å². The molecule has 0 bridgehead atoms. The number of amides is 1. The van der Waals surface area contributed by atoms with Crippen LogP contribution in [0.15, 0.2) is 41.3 Å². The number of nitrogens with one attached hydrogen (secondary N) is 2. The standard InChI is InChI=1S/C17H18ClN3O2.ClH/c1-11-7-16(22)20-9-14(11)17(23)21-6-5-19-10-15(21)12-3-2-4-13(18)8-12;/h2-4,7-9,15,19H,5-6,10H2,1H3,(H,20,22);1H. The van der Waals surface area contributed by atoms with Crippen molar-refractivity contribution in [2.45, 2.75) is 13.0 Å². The largest absolute Gasteiger partial charge is 0.329 e. The second-order valence-electron chi connectivity index (χ2n) is 5.67. The molecular formula is C17H19Cl2N3O2. The van der Waals surface area contributed by atoms with Gasteiger partial charge in [-0.2, -0.15) is 0 Å². The fourth-order valence-electron chi connectivity index (χ4n) is 2.92. The monoisotopic (exact) mass is 367 g/mol. The number of pyridine rings is 1. The van der Waals surface area contributed by atoms with Gasteiger partial charge in [-0.3, -0.25) is 9.59 Å². The van der Waals surface area contributed by atoms with E-state index in [1.165, 1.54) is 12.3 Å². The van der Waals surface area contributed by atoms with Gasteiger partial charge in [0, 0.05) is 36.9 Å². The molecule has 1 aromatic heterocycles. The van der Waals surface area contributed by atoms with Crippen molar-refractivity contribution in [3.8, 4) is 0 Å². The van der Waals surface area contributed by atoms with Gasteiger partial charge in [0.2, 0.25) is 5.56 Å². The van der Waals surface area contributed by atoms with Crippen LogP contribution in [0.4, 0.5) is 0 Å². The maximum absolute atomic E-state index is 12.9. The van der Waals surface area contributed by atoms with Gasteiger partial charge in [0.15, 0.2) is 0 Å². The molecule has 24 heavy (non-hydrogen) atoms. The Morgan fingerprint density at radius 2 is 2.12 bits per heavy atom. The summed E-state index contributed by atoms with van der Waals surface area (Å²) < 4.78 is 0. The molecule has 0 aliphatic carbocycles. The number of aromatic amines is 1. The maximum atomic E-state index is 12.9. The van der Waals surface area contributed by atoms with E-state index in [1.807, 2.05) is 29.2 Å². The number of hydrogen-bond donors (Lipinski definition) is 2. The van der Waals surface area contributed by atoms with Crippen molar-refractivity contribution < 1.29 is 4.79 Å². The van der Waals surface area contributed by atoms with E-state index in [0.29, 0.717) is 29.2 Å². The van der Waals surface area contributed by atoms with Crippen molar-refractivity contribution in [1.29, 1.82) is 0 Å². The number of aromatic nitrogens is 1. The zero-order chi connectivity index (χ0) is 16.4. The van der Waals surface area contributed by atoms with Crippen molar-refractivity contribution in [3.05, 3.63) is 68.6 Å². The SMILES string of the molecule is Cc1cc(=O)[nH]cc1C(=O)N1CCNCC1c1cccc(Cl)c1.Cl. The summed E-state index contributed by atoms with van der Waals surface area (Å²) in [5.41, 5.74) is 2.01. The van der Waals surface area contributed by atoms with Gasteiger partial charge < -0.3 is 15.2 Å². The first-order valence-electron chi connectivity index (χ1n) is 7.53. The van der Waals surface area contributed by atoms with Gasteiger partial charge >= 0.3 is 0 Å². The molecule has 1 aliphatic heterocycles. The molecule has 1 fully saturated rings. The van der Waals surface area contributed by atoms with E-state index in [-0.39, 0.29) is 29.9 Å². The molecule has 2 aromatic rings. The number of H-pyrrole nitrogens is 1. The highest BCUT2D eigenvalue weighted by atomic mass is 35.5. The Labute approximate surface area is 151 Å². The van der Waals surface area contributed by atoms with Crippen LogP contribution in [0.3, 0.4) is 0 Å². The minimum atomic E-state index is -0.203. The number of aryl methyl sites for hydroxylation is 1. The summed E-state index contributed by atoms with van der Waals surface area (Å²) in [6, 6.07) is 8.94. The quantitative estimate of drug-likeness (QED) is 0.856. The van der Waals surface area contributed by atoms with Crippen LogP contribution in [-0.4, -0.2) is 35.4 Å².